The Kier molecular flexibility index (Phi) is 3.15. The van der Waals surface area contributed by atoms with Crippen molar-refractivity contribution in [3.63, 3.8) is 0 Å². The number of aromatic nitrogens is 2. The summed E-state index contributed by atoms with van der Waals surface area (Å²) in [5.41, 5.74) is 4.35. The molecule has 2 rings (SSSR count). The Balaban J connectivity index is 2.14. The summed E-state index contributed by atoms with van der Waals surface area (Å²) in [7, 11) is 0. The number of halogens is 1. The third-order valence-electron chi connectivity index (χ3n) is 2.31. The molecule has 15 heavy (non-hydrogen) atoms. The third-order valence-corrected chi connectivity index (χ3v) is 3.10. The number of hydrogen-bond donors (Lipinski definition) is 2. The van der Waals surface area contributed by atoms with Gasteiger partial charge in [-0.3, -0.25) is 10.2 Å². The number of hydrazone groups is 1. The van der Waals surface area contributed by atoms with Crippen LogP contribution in [0.5, 0.6) is 0 Å². The van der Waals surface area contributed by atoms with Crippen LogP contribution in [0.4, 0.5) is 5.69 Å². The van der Waals surface area contributed by atoms with E-state index in [1.165, 1.54) is 19.0 Å². The number of nitrogens with one attached hydrogen (secondary N) is 2. The molecule has 1 aromatic heterocycles. The van der Waals surface area contributed by atoms with Gasteiger partial charge in [0.1, 0.15) is 4.47 Å². The molecule has 0 amide bonds. The lowest BCUT2D eigenvalue weighted by atomic mass is 10.3. The molecule has 1 heterocycles. The summed E-state index contributed by atoms with van der Waals surface area (Å²) >= 11 is 3.17. The van der Waals surface area contributed by atoms with Gasteiger partial charge >= 0.3 is 0 Å². The summed E-state index contributed by atoms with van der Waals surface area (Å²) in [6, 6.07) is 0. The van der Waals surface area contributed by atoms with Crippen LogP contribution in [-0.4, -0.2) is 15.9 Å². The molecule has 5 nitrogen and oxygen atoms in total. The van der Waals surface area contributed by atoms with Gasteiger partial charge in [0.25, 0.3) is 5.56 Å². The molecule has 0 aromatic carbocycles. The van der Waals surface area contributed by atoms with Crippen LogP contribution < -0.4 is 11.0 Å². The monoisotopic (exact) mass is 270 g/mol. The molecule has 1 fully saturated rings. The van der Waals surface area contributed by atoms with Gasteiger partial charge in [0.15, 0.2) is 0 Å². The quantitative estimate of drug-likeness (QED) is 0.807. The van der Waals surface area contributed by atoms with Gasteiger partial charge in [-0.25, -0.2) is 5.10 Å². The molecule has 0 atom stereocenters. The predicted molar refractivity (Wildman–Crippen MR) is 62.1 cm³/mol. The second kappa shape index (κ2) is 4.57. The largest absolute Gasteiger partial charge is 0.280 e. The zero-order chi connectivity index (χ0) is 10.7. The second-order valence-electron chi connectivity index (χ2n) is 3.42. The normalized spacial score (nSPS) is 15.4. The maximum atomic E-state index is 11.2. The molecule has 0 saturated heterocycles. The van der Waals surface area contributed by atoms with Gasteiger partial charge in [0, 0.05) is 5.71 Å². The maximum absolute atomic E-state index is 11.2. The van der Waals surface area contributed by atoms with Crippen molar-refractivity contribution in [2.45, 2.75) is 25.7 Å². The third kappa shape index (κ3) is 2.44. The van der Waals surface area contributed by atoms with E-state index < -0.39 is 0 Å². The number of aromatic amines is 1. The smallest absolute Gasteiger partial charge is 0.276 e. The first kappa shape index (κ1) is 10.4. The fraction of sp³-hybridized carbons (Fsp3) is 0.444. The molecule has 1 aliphatic carbocycles. The van der Waals surface area contributed by atoms with E-state index in [-0.39, 0.29) is 5.56 Å². The van der Waals surface area contributed by atoms with Crippen molar-refractivity contribution in [1.29, 1.82) is 0 Å². The molecule has 0 radical (unpaired) electrons. The van der Waals surface area contributed by atoms with Crippen molar-refractivity contribution in [2.75, 3.05) is 5.43 Å². The van der Waals surface area contributed by atoms with Crippen LogP contribution >= 0.6 is 15.9 Å². The summed E-state index contributed by atoms with van der Waals surface area (Å²) < 4.78 is 0.430. The highest BCUT2D eigenvalue weighted by Crippen LogP contribution is 2.18. The van der Waals surface area contributed by atoms with Crippen molar-refractivity contribution in [2.24, 2.45) is 5.10 Å². The van der Waals surface area contributed by atoms with E-state index in [0.29, 0.717) is 10.2 Å². The average Bonchev–Trinajstić information content (AvgIpc) is 2.73. The lowest BCUT2D eigenvalue weighted by Gasteiger charge is -2.02. The minimum atomic E-state index is -0.258. The molecule has 1 saturated carbocycles. The van der Waals surface area contributed by atoms with Crippen LogP contribution in [-0.2, 0) is 0 Å². The maximum Gasteiger partial charge on any atom is 0.280 e. The van der Waals surface area contributed by atoms with E-state index in [2.05, 4.69) is 36.7 Å². The Bertz CT molecular complexity index is 432. The van der Waals surface area contributed by atoms with Crippen LogP contribution in [0.25, 0.3) is 0 Å². The van der Waals surface area contributed by atoms with Crippen molar-refractivity contribution in [1.82, 2.24) is 10.2 Å². The molecule has 1 aromatic rings. The van der Waals surface area contributed by atoms with Crippen molar-refractivity contribution in [3.8, 4) is 0 Å². The minimum Gasteiger partial charge on any atom is -0.276 e. The van der Waals surface area contributed by atoms with Gasteiger partial charge in [0.2, 0.25) is 0 Å². The number of hydrogen-bond acceptors (Lipinski definition) is 4. The van der Waals surface area contributed by atoms with Gasteiger partial charge in [-0.15, -0.1) is 0 Å². The zero-order valence-corrected chi connectivity index (χ0v) is 9.67. The number of nitrogens with zero attached hydrogens (tertiary/aromatic N) is 2. The van der Waals surface area contributed by atoms with Gasteiger partial charge in [0.05, 0.1) is 11.9 Å². The molecule has 2 N–H and O–H groups in total. The van der Waals surface area contributed by atoms with E-state index >= 15 is 0 Å². The minimum absolute atomic E-state index is 0.258. The second-order valence-corrected chi connectivity index (χ2v) is 4.22. The SMILES string of the molecule is O=c1[nH]ncc(NN=C2CCCC2)c1Br. The lowest BCUT2D eigenvalue weighted by Crippen LogP contribution is -2.10. The topological polar surface area (TPSA) is 70.1 Å². The highest BCUT2D eigenvalue weighted by Gasteiger charge is 2.08. The summed E-state index contributed by atoms with van der Waals surface area (Å²) in [5.74, 6) is 0. The first-order valence-corrected chi connectivity index (χ1v) is 5.61. The Morgan fingerprint density at radius 3 is 2.93 bits per heavy atom. The highest BCUT2D eigenvalue weighted by molar-refractivity contribution is 9.10. The molecular weight excluding hydrogens is 260 g/mol. The number of H-pyrrole nitrogens is 1. The molecule has 0 unspecified atom stereocenters. The van der Waals surface area contributed by atoms with E-state index in [0.717, 1.165) is 18.6 Å². The first-order valence-electron chi connectivity index (χ1n) is 4.82. The fourth-order valence-electron chi connectivity index (χ4n) is 1.50. The summed E-state index contributed by atoms with van der Waals surface area (Å²) in [6.45, 7) is 0. The summed E-state index contributed by atoms with van der Waals surface area (Å²) in [6.07, 6.45) is 6.03. The van der Waals surface area contributed by atoms with Gasteiger partial charge in [-0.1, -0.05) is 0 Å². The standard InChI is InChI=1S/C9H11BrN4O/c10-8-7(5-11-14-9(8)15)13-12-6-3-1-2-4-6/h5H,1-4H2,(H2,13,14,15). The molecule has 0 bridgehead atoms. The average molecular weight is 271 g/mol. The van der Waals surface area contributed by atoms with Crippen LogP contribution in [0.2, 0.25) is 0 Å². The Morgan fingerprint density at radius 2 is 2.20 bits per heavy atom. The zero-order valence-electron chi connectivity index (χ0n) is 8.09. The van der Waals surface area contributed by atoms with Crippen molar-refractivity contribution in [3.05, 3.63) is 21.0 Å². The Morgan fingerprint density at radius 1 is 1.47 bits per heavy atom. The molecule has 1 aliphatic rings. The summed E-state index contributed by atoms with van der Waals surface area (Å²) in [5, 5.41) is 10.3. The highest BCUT2D eigenvalue weighted by atomic mass is 79.9. The van der Waals surface area contributed by atoms with Gasteiger partial charge in [-0.05, 0) is 41.6 Å². The van der Waals surface area contributed by atoms with Crippen LogP contribution in [0, 0.1) is 0 Å². The van der Waals surface area contributed by atoms with E-state index in [9.17, 15) is 4.79 Å². The van der Waals surface area contributed by atoms with Crippen LogP contribution in [0.15, 0.2) is 20.6 Å². The van der Waals surface area contributed by atoms with E-state index in [4.69, 9.17) is 0 Å². The van der Waals surface area contributed by atoms with Gasteiger partial charge < -0.3 is 0 Å². The Labute approximate surface area is 95.1 Å². The number of rotatable bonds is 2. The molecule has 80 valence electrons. The lowest BCUT2D eigenvalue weighted by molar-refractivity contribution is 0.886. The summed E-state index contributed by atoms with van der Waals surface area (Å²) in [4.78, 5) is 11.2. The van der Waals surface area contributed by atoms with Crippen LogP contribution in [0.1, 0.15) is 25.7 Å². The van der Waals surface area contributed by atoms with Crippen molar-refractivity contribution >= 4 is 27.3 Å². The van der Waals surface area contributed by atoms with Crippen molar-refractivity contribution < 1.29 is 0 Å². The molecule has 0 aliphatic heterocycles. The Hall–Kier alpha value is -1.17. The van der Waals surface area contributed by atoms with E-state index in [1.54, 1.807) is 0 Å². The molecule has 0 spiro atoms. The molecule has 6 heteroatoms. The predicted octanol–water partition coefficient (Wildman–Crippen LogP) is 1.87. The number of anilines is 1. The van der Waals surface area contributed by atoms with Crippen LogP contribution in [0.3, 0.4) is 0 Å². The van der Waals surface area contributed by atoms with Gasteiger partial charge in [-0.2, -0.15) is 10.2 Å². The fourth-order valence-corrected chi connectivity index (χ4v) is 1.78. The van der Waals surface area contributed by atoms with E-state index in [1.807, 2.05) is 0 Å². The first-order chi connectivity index (χ1) is 7.27. The molecular formula is C9H11BrN4O.